The third-order valence-corrected chi connectivity index (χ3v) is 4.22. The smallest absolute Gasteiger partial charge is 0.262 e. The van der Waals surface area contributed by atoms with Gasteiger partial charge in [-0.2, -0.15) is 0 Å². The number of rotatable bonds is 5. The van der Waals surface area contributed by atoms with Crippen LogP contribution in [0.5, 0.6) is 5.75 Å². The van der Waals surface area contributed by atoms with Crippen LogP contribution in [0.3, 0.4) is 0 Å². The molecule has 0 aliphatic carbocycles. The lowest BCUT2D eigenvalue weighted by molar-refractivity contribution is -0.118. The van der Waals surface area contributed by atoms with Gasteiger partial charge in [0.1, 0.15) is 5.75 Å². The minimum Gasteiger partial charge on any atom is -0.483 e. The van der Waals surface area contributed by atoms with Gasteiger partial charge >= 0.3 is 0 Å². The number of morpholine rings is 1. The molecule has 3 rings (SSSR count). The minimum absolute atomic E-state index is 0.00485. The molecule has 1 heterocycles. The topological polar surface area (TPSA) is 50.8 Å². The molecule has 132 valence electrons. The average molecular weight is 340 g/mol. The summed E-state index contributed by atoms with van der Waals surface area (Å²) in [4.78, 5) is 14.4. The largest absolute Gasteiger partial charge is 0.483 e. The average Bonchev–Trinajstić information content (AvgIpc) is 2.62. The van der Waals surface area contributed by atoms with E-state index >= 15 is 0 Å². The first kappa shape index (κ1) is 17.3. The summed E-state index contributed by atoms with van der Waals surface area (Å²) < 4.78 is 11.0. The van der Waals surface area contributed by atoms with E-state index in [4.69, 9.17) is 9.47 Å². The van der Waals surface area contributed by atoms with Crippen molar-refractivity contribution in [3.05, 3.63) is 53.6 Å². The summed E-state index contributed by atoms with van der Waals surface area (Å²) in [6.07, 6.45) is 0. The van der Waals surface area contributed by atoms with E-state index in [2.05, 4.69) is 10.2 Å². The normalized spacial score (nSPS) is 14.2. The maximum absolute atomic E-state index is 12.1. The SMILES string of the molecule is Cc1ccc(OCC(=O)Nc2ccc(N3CCOCC3)cc2)c(C)c1. The van der Waals surface area contributed by atoms with Gasteiger partial charge in [-0.25, -0.2) is 0 Å². The highest BCUT2D eigenvalue weighted by Crippen LogP contribution is 2.20. The zero-order chi connectivity index (χ0) is 17.6. The lowest BCUT2D eigenvalue weighted by atomic mass is 10.1. The fourth-order valence-corrected chi connectivity index (χ4v) is 2.88. The van der Waals surface area contributed by atoms with Gasteiger partial charge in [-0.05, 0) is 49.7 Å². The van der Waals surface area contributed by atoms with Crippen molar-refractivity contribution in [1.29, 1.82) is 0 Å². The Labute approximate surface area is 148 Å². The van der Waals surface area contributed by atoms with Crippen molar-refractivity contribution in [3.8, 4) is 5.75 Å². The molecule has 1 amide bonds. The fraction of sp³-hybridized carbons (Fsp3) is 0.350. The van der Waals surface area contributed by atoms with E-state index < -0.39 is 0 Å². The molecule has 0 saturated carbocycles. The molecule has 0 atom stereocenters. The third kappa shape index (κ3) is 4.73. The monoisotopic (exact) mass is 340 g/mol. The maximum atomic E-state index is 12.1. The highest BCUT2D eigenvalue weighted by molar-refractivity contribution is 5.92. The summed E-state index contributed by atoms with van der Waals surface area (Å²) >= 11 is 0. The van der Waals surface area contributed by atoms with Crippen LogP contribution in [0, 0.1) is 13.8 Å². The van der Waals surface area contributed by atoms with Crippen LogP contribution in [-0.2, 0) is 9.53 Å². The maximum Gasteiger partial charge on any atom is 0.262 e. The molecule has 0 spiro atoms. The van der Waals surface area contributed by atoms with Gasteiger partial charge in [0, 0.05) is 24.5 Å². The van der Waals surface area contributed by atoms with Crippen LogP contribution in [0.4, 0.5) is 11.4 Å². The van der Waals surface area contributed by atoms with Gasteiger partial charge in [0.15, 0.2) is 6.61 Å². The van der Waals surface area contributed by atoms with Gasteiger partial charge in [-0.3, -0.25) is 4.79 Å². The molecule has 1 saturated heterocycles. The van der Waals surface area contributed by atoms with Crippen molar-refractivity contribution in [2.24, 2.45) is 0 Å². The standard InChI is InChI=1S/C20H24N2O3/c1-15-3-8-19(16(2)13-15)25-14-20(23)21-17-4-6-18(7-5-17)22-9-11-24-12-10-22/h3-8,13H,9-12,14H2,1-2H3,(H,21,23). The second-order valence-corrected chi connectivity index (χ2v) is 6.25. The summed E-state index contributed by atoms with van der Waals surface area (Å²) in [5.74, 6) is 0.572. The van der Waals surface area contributed by atoms with E-state index in [1.165, 1.54) is 5.56 Å². The van der Waals surface area contributed by atoms with Crippen molar-refractivity contribution in [1.82, 2.24) is 0 Å². The van der Waals surface area contributed by atoms with Gasteiger partial charge < -0.3 is 19.7 Å². The number of nitrogens with one attached hydrogen (secondary N) is 1. The van der Waals surface area contributed by atoms with Crippen molar-refractivity contribution in [2.45, 2.75) is 13.8 Å². The highest BCUT2D eigenvalue weighted by Gasteiger charge is 2.11. The number of ether oxygens (including phenoxy) is 2. The molecule has 1 N–H and O–H groups in total. The quantitative estimate of drug-likeness (QED) is 0.908. The zero-order valence-corrected chi connectivity index (χ0v) is 14.7. The predicted molar refractivity (Wildman–Crippen MR) is 99.5 cm³/mol. The number of carbonyl (C=O) groups excluding carboxylic acids is 1. The predicted octanol–water partition coefficient (Wildman–Crippen LogP) is 3.16. The van der Waals surface area contributed by atoms with Crippen LogP contribution in [0.2, 0.25) is 0 Å². The molecule has 2 aromatic carbocycles. The Morgan fingerprint density at radius 3 is 2.52 bits per heavy atom. The molecule has 5 nitrogen and oxygen atoms in total. The molecular weight excluding hydrogens is 316 g/mol. The first-order valence-electron chi connectivity index (χ1n) is 8.54. The Morgan fingerprint density at radius 2 is 1.84 bits per heavy atom. The van der Waals surface area contributed by atoms with Crippen molar-refractivity contribution >= 4 is 17.3 Å². The molecule has 1 aliphatic heterocycles. The molecule has 1 fully saturated rings. The van der Waals surface area contributed by atoms with Gasteiger partial charge in [-0.1, -0.05) is 17.7 Å². The second-order valence-electron chi connectivity index (χ2n) is 6.25. The molecule has 5 heteroatoms. The lowest BCUT2D eigenvalue weighted by Crippen LogP contribution is -2.36. The first-order chi connectivity index (χ1) is 12.1. The summed E-state index contributed by atoms with van der Waals surface area (Å²) in [6, 6.07) is 13.8. The van der Waals surface area contributed by atoms with Crippen LogP contribution in [0.1, 0.15) is 11.1 Å². The van der Waals surface area contributed by atoms with Crippen LogP contribution in [0.15, 0.2) is 42.5 Å². The number of hydrogen-bond donors (Lipinski definition) is 1. The number of aryl methyl sites for hydroxylation is 2. The van der Waals surface area contributed by atoms with E-state index in [-0.39, 0.29) is 12.5 Å². The second kappa shape index (κ2) is 8.03. The summed E-state index contributed by atoms with van der Waals surface area (Å²) in [5.41, 5.74) is 4.12. The Hall–Kier alpha value is -2.53. The molecule has 0 aromatic heterocycles. The van der Waals surface area contributed by atoms with Crippen molar-refractivity contribution in [3.63, 3.8) is 0 Å². The van der Waals surface area contributed by atoms with Crippen molar-refractivity contribution in [2.75, 3.05) is 43.1 Å². The van der Waals surface area contributed by atoms with E-state index in [0.29, 0.717) is 0 Å². The lowest BCUT2D eigenvalue weighted by Gasteiger charge is -2.28. The Bertz CT molecular complexity index is 722. The number of anilines is 2. The van der Waals surface area contributed by atoms with Gasteiger partial charge in [0.05, 0.1) is 13.2 Å². The highest BCUT2D eigenvalue weighted by atomic mass is 16.5. The molecule has 1 aliphatic rings. The number of carbonyl (C=O) groups is 1. The molecule has 0 radical (unpaired) electrons. The summed E-state index contributed by atoms with van der Waals surface area (Å²) in [5, 5.41) is 2.87. The molecular formula is C20H24N2O3. The third-order valence-electron chi connectivity index (χ3n) is 4.22. The van der Waals surface area contributed by atoms with Crippen LogP contribution in [-0.4, -0.2) is 38.8 Å². The summed E-state index contributed by atoms with van der Waals surface area (Å²) in [7, 11) is 0. The molecule has 0 unspecified atom stereocenters. The van der Waals surface area contributed by atoms with E-state index in [1.807, 2.05) is 56.3 Å². The van der Waals surface area contributed by atoms with Crippen molar-refractivity contribution < 1.29 is 14.3 Å². The van der Waals surface area contributed by atoms with Crippen LogP contribution in [0.25, 0.3) is 0 Å². The fourth-order valence-electron chi connectivity index (χ4n) is 2.88. The molecule has 25 heavy (non-hydrogen) atoms. The zero-order valence-electron chi connectivity index (χ0n) is 14.7. The van der Waals surface area contributed by atoms with E-state index in [0.717, 1.165) is 49.0 Å². The molecule has 2 aromatic rings. The Kier molecular flexibility index (Phi) is 5.56. The van der Waals surface area contributed by atoms with Crippen LogP contribution >= 0.6 is 0 Å². The Balaban J connectivity index is 1.52. The molecule has 0 bridgehead atoms. The minimum atomic E-state index is -0.168. The van der Waals surface area contributed by atoms with Gasteiger partial charge in [0.2, 0.25) is 0 Å². The van der Waals surface area contributed by atoms with Gasteiger partial charge in [-0.15, -0.1) is 0 Å². The van der Waals surface area contributed by atoms with Crippen LogP contribution < -0.4 is 15.0 Å². The number of amides is 1. The van der Waals surface area contributed by atoms with E-state index in [9.17, 15) is 4.79 Å². The number of hydrogen-bond acceptors (Lipinski definition) is 4. The first-order valence-corrected chi connectivity index (χ1v) is 8.54. The van der Waals surface area contributed by atoms with E-state index in [1.54, 1.807) is 0 Å². The van der Waals surface area contributed by atoms with Gasteiger partial charge in [0.25, 0.3) is 5.91 Å². The number of benzene rings is 2. The summed E-state index contributed by atoms with van der Waals surface area (Å²) in [6.45, 7) is 7.32. The number of nitrogens with zero attached hydrogens (tertiary/aromatic N) is 1. The Morgan fingerprint density at radius 1 is 1.12 bits per heavy atom.